The smallest absolute Gasteiger partial charge is 0.352 e. The molecule has 0 aliphatic carbocycles. The predicted octanol–water partition coefficient (Wildman–Crippen LogP) is 1.32. The third-order valence-corrected chi connectivity index (χ3v) is 6.56. The van der Waals surface area contributed by atoms with Crippen molar-refractivity contribution in [1.82, 2.24) is 10.2 Å². The third-order valence-electron chi connectivity index (χ3n) is 4.08. The number of carboxylic acid groups (broad SMARTS) is 1. The largest absolute Gasteiger partial charge is 0.477 e. The molecule has 3 rings (SSSR count). The molecule has 2 N–H and O–H groups in total. The molecule has 1 fully saturated rings. The summed E-state index contributed by atoms with van der Waals surface area (Å²) < 4.78 is 4.43. The number of carboxylic acids is 1. The molecule has 27 heavy (non-hydrogen) atoms. The maximum absolute atomic E-state index is 12.5. The topological polar surface area (TPSA) is 113 Å². The van der Waals surface area contributed by atoms with Crippen LogP contribution in [0.4, 0.5) is 0 Å². The van der Waals surface area contributed by atoms with E-state index in [9.17, 15) is 24.3 Å². The summed E-state index contributed by atoms with van der Waals surface area (Å²) in [4.78, 5) is 48.8. The number of carbonyl (C=O) groups excluding carboxylic acids is 3. The molecule has 2 heterocycles. The van der Waals surface area contributed by atoms with Crippen molar-refractivity contribution in [3.63, 3.8) is 0 Å². The number of hydrogen-bond donors (Lipinski definition) is 2. The Morgan fingerprint density at radius 3 is 2.56 bits per heavy atom. The van der Waals surface area contributed by atoms with Gasteiger partial charge in [-0.3, -0.25) is 19.3 Å². The highest BCUT2D eigenvalue weighted by atomic mass is 79.9. The van der Waals surface area contributed by atoms with Gasteiger partial charge in [0.05, 0.1) is 4.16 Å². The van der Waals surface area contributed by atoms with Gasteiger partial charge in [-0.2, -0.15) is 0 Å². The van der Waals surface area contributed by atoms with Crippen LogP contribution in [0.15, 0.2) is 41.6 Å². The number of amides is 2. The van der Waals surface area contributed by atoms with Crippen LogP contribution < -0.4 is 5.32 Å². The summed E-state index contributed by atoms with van der Waals surface area (Å²) in [5.74, 6) is -2.78. The second-order valence-electron chi connectivity index (χ2n) is 5.83. The Kier molecular flexibility index (Phi) is 5.56. The molecule has 0 bridgehead atoms. The second kappa shape index (κ2) is 7.73. The summed E-state index contributed by atoms with van der Waals surface area (Å²) in [5, 5.41) is 11.7. The highest BCUT2D eigenvalue weighted by molar-refractivity contribution is 9.11. The van der Waals surface area contributed by atoms with Gasteiger partial charge in [-0.1, -0.05) is 34.1 Å². The Morgan fingerprint density at radius 1 is 1.30 bits per heavy atom. The van der Waals surface area contributed by atoms with Gasteiger partial charge < -0.3 is 15.2 Å². The van der Waals surface area contributed by atoms with Gasteiger partial charge in [0.1, 0.15) is 23.7 Å². The first-order valence-electron chi connectivity index (χ1n) is 7.89. The third kappa shape index (κ3) is 3.72. The van der Waals surface area contributed by atoms with Crippen molar-refractivity contribution in [3.05, 3.63) is 47.2 Å². The van der Waals surface area contributed by atoms with Crippen molar-refractivity contribution >= 4 is 51.4 Å². The normalized spacial score (nSPS) is 24.0. The standard InChI is InChI=1S/C17H15BrN2O6S/c1-8(21)26-7-10-12(17(24)25)20-15(23)11(16(20)27-13(10)18)19-14(22)9-5-3-2-4-6-9/h2-6,11,13,16H,7H2,1H3,(H,19,22)(H,24,25)/t11-,13?,16-/m1/s1. The van der Waals surface area contributed by atoms with E-state index < -0.39 is 39.3 Å². The Bertz CT molecular complexity index is 843. The molecule has 1 saturated heterocycles. The number of alkyl halides is 1. The fourth-order valence-corrected chi connectivity index (χ4v) is 5.08. The van der Waals surface area contributed by atoms with E-state index in [0.29, 0.717) is 5.56 Å². The Labute approximate surface area is 167 Å². The van der Waals surface area contributed by atoms with Crippen LogP contribution in [0.1, 0.15) is 17.3 Å². The van der Waals surface area contributed by atoms with Crippen LogP contribution in [0.5, 0.6) is 0 Å². The van der Waals surface area contributed by atoms with Gasteiger partial charge in [-0.05, 0) is 12.1 Å². The van der Waals surface area contributed by atoms with Crippen LogP contribution in [0, 0.1) is 0 Å². The van der Waals surface area contributed by atoms with Gasteiger partial charge in [-0.15, -0.1) is 11.8 Å². The minimum atomic E-state index is -1.30. The van der Waals surface area contributed by atoms with Crippen LogP contribution in [0.2, 0.25) is 0 Å². The molecular weight excluding hydrogens is 440 g/mol. The predicted molar refractivity (Wildman–Crippen MR) is 99.9 cm³/mol. The number of nitrogens with zero attached hydrogens (tertiary/aromatic N) is 1. The highest BCUT2D eigenvalue weighted by Gasteiger charge is 2.56. The van der Waals surface area contributed by atoms with Crippen LogP contribution in [-0.4, -0.2) is 55.9 Å². The first-order valence-corrected chi connectivity index (χ1v) is 9.75. The molecule has 2 amide bonds. The fraction of sp³-hybridized carbons (Fsp3) is 0.294. The van der Waals surface area contributed by atoms with Gasteiger partial charge in [0.25, 0.3) is 11.8 Å². The maximum Gasteiger partial charge on any atom is 0.352 e. The molecule has 0 aromatic heterocycles. The molecule has 10 heteroatoms. The summed E-state index contributed by atoms with van der Waals surface area (Å²) in [6.45, 7) is 0.977. The van der Waals surface area contributed by atoms with Gasteiger partial charge in [0.2, 0.25) is 0 Å². The van der Waals surface area contributed by atoms with E-state index in [1.165, 1.54) is 18.7 Å². The van der Waals surface area contributed by atoms with E-state index in [4.69, 9.17) is 4.74 Å². The minimum absolute atomic E-state index is 0.225. The number of benzene rings is 1. The van der Waals surface area contributed by atoms with Crippen molar-refractivity contribution in [2.45, 2.75) is 22.5 Å². The monoisotopic (exact) mass is 454 g/mol. The maximum atomic E-state index is 12.5. The molecule has 1 aromatic rings. The lowest BCUT2D eigenvalue weighted by Crippen LogP contribution is -2.71. The molecule has 2 aliphatic heterocycles. The minimum Gasteiger partial charge on any atom is -0.477 e. The SMILES string of the molecule is CC(=O)OCC1=C(C(=O)O)N2C(=O)[C@@H](NC(=O)c3ccccc3)[C@H]2SC1Br. The molecule has 142 valence electrons. The molecule has 8 nitrogen and oxygen atoms in total. The number of ether oxygens (including phenoxy) is 1. The number of carbonyl (C=O) groups is 4. The Balaban J connectivity index is 1.81. The number of rotatable bonds is 5. The van der Waals surface area contributed by atoms with Crippen molar-refractivity contribution in [1.29, 1.82) is 0 Å². The van der Waals surface area contributed by atoms with Gasteiger partial charge in [0, 0.05) is 18.1 Å². The first kappa shape index (κ1) is 19.4. The van der Waals surface area contributed by atoms with E-state index in [-0.39, 0.29) is 17.9 Å². The molecule has 1 aromatic carbocycles. The van der Waals surface area contributed by atoms with E-state index >= 15 is 0 Å². The van der Waals surface area contributed by atoms with Gasteiger partial charge >= 0.3 is 11.9 Å². The average molecular weight is 455 g/mol. The zero-order valence-corrected chi connectivity index (χ0v) is 16.5. The lowest BCUT2D eigenvalue weighted by molar-refractivity contribution is -0.149. The lowest BCUT2D eigenvalue weighted by Gasteiger charge is -2.50. The summed E-state index contributed by atoms with van der Waals surface area (Å²) in [7, 11) is 0. The molecule has 3 atom stereocenters. The van der Waals surface area contributed by atoms with Crippen LogP contribution in [0.3, 0.4) is 0 Å². The fourth-order valence-electron chi connectivity index (χ4n) is 2.81. The first-order chi connectivity index (χ1) is 12.8. The lowest BCUT2D eigenvalue weighted by atomic mass is 10.0. The highest BCUT2D eigenvalue weighted by Crippen LogP contribution is 2.46. The number of halogens is 1. The van der Waals surface area contributed by atoms with Gasteiger partial charge in [0.15, 0.2) is 0 Å². The summed E-state index contributed by atoms with van der Waals surface area (Å²) in [6, 6.07) is 7.59. The number of aliphatic carboxylic acids is 1. The molecular formula is C17H15BrN2O6S. The van der Waals surface area contributed by atoms with Crippen molar-refractivity contribution in [2.24, 2.45) is 0 Å². The molecule has 0 radical (unpaired) electrons. The van der Waals surface area contributed by atoms with Gasteiger partial charge in [-0.25, -0.2) is 4.79 Å². The average Bonchev–Trinajstić information content (AvgIpc) is 2.64. The van der Waals surface area contributed by atoms with E-state index in [0.717, 1.165) is 4.90 Å². The second-order valence-corrected chi connectivity index (χ2v) is 8.58. The van der Waals surface area contributed by atoms with Crippen LogP contribution >= 0.6 is 27.7 Å². The van der Waals surface area contributed by atoms with E-state index in [2.05, 4.69) is 21.2 Å². The quantitative estimate of drug-likeness (QED) is 0.391. The van der Waals surface area contributed by atoms with Crippen LogP contribution in [-0.2, 0) is 19.1 Å². The molecule has 2 aliphatic rings. The van der Waals surface area contributed by atoms with Crippen molar-refractivity contribution in [2.75, 3.05) is 6.61 Å². The Hall–Kier alpha value is -2.33. The molecule has 1 unspecified atom stereocenters. The number of β-lactam (4-membered cyclic amide) rings is 1. The van der Waals surface area contributed by atoms with Crippen molar-refractivity contribution < 1.29 is 29.0 Å². The number of hydrogen-bond acceptors (Lipinski definition) is 6. The van der Waals surface area contributed by atoms with Crippen LogP contribution in [0.25, 0.3) is 0 Å². The number of thioether (sulfide) groups is 1. The Morgan fingerprint density at radius 2 is 1.96 bits per heavy atom. The summed E-state index contributed by atoms with van der Waals surface area (Å²) >= 11 is 4.63. The summed E-state index contributed by atoms with van der Waals surface area (Å²) in [5.41, 5.74) is 0.460. The van der Waals surface area contributed by atoms with Crippen molar-refractivity contribution in [3.8, 4) is 0 Å². The zero-order chi connectivity index (χ0) is 19.7. The van der Waals surface area contributed by atoms with E-state index in [1.54, 1.807) is 30.3 Å². The molecule has 0 spiro atoms. The summed E-state index contributed by atoms with van der Waals surface area (Å²) in [6.07, 6.45) is 0. The van der Waals surface area contributed by atoms with E-state index in [1.807, 2.05) is 0 Å². The number of fused-ring (bicyclic) bond motifs is 1. The zero-order valence-electron chi connectivity index (χ0n) is 14.0. The number of esters is 1. The molecule has 0 saturated carbocycles. The number of nitrogens with one attached hydrogen (secondary N) is 1.